The summed E-state index contributed by atoms with van der Waals surface area (Å²) in [5.74, 6) is 1.34. The van der Waals surface area contributed by atoms with Crippen molar-refractivity contribution >= 4 is 17.6 Å². The van der Waals surface area contributed by atoms with Gasteiger partial charge in [-0.1, -0.05) is 24.2 Å². The summed E-state index contributed by atoms with van der Waals surface area (Å²) < 4.78 is 10.9. The third-order valence-electron chi connectivity index (χ3n) is 3.76. The number of aryl methyl sites for hydroxylation is 1. The fourth-order valence-corrected chi connectivity index (χ4v) is 2.69. The maximum absolute atomic E-state index is 12.3. The lowest BCUT2D eigenvalue weighted by atomic mass is 10.2. The Morgan fingerprint density at radius 1 is 1.39 bits per heavy atom. The normalized spacial score (nSPS) is 17.6. The van der Waals surface area contributed by atoms with Gasteiger partial charge in [-0.25, -0.2) is 0 Å². The zero-order valence-electron chi connectivity index (χ0n) is 13.3. The number of rotatable bonds is 6. The average molecular weight is 316 g/mol. The van der Waals surface area contributed by atoms with Crippen LogP contribution in [0.1, 0.15) is 25.7 Å². The van der Waals surface area contributed by atoms with Gasteiger partial charge in [0.15, 0.2) is 0 Å². The number of ether oxygens (including phenoxy) is 1. The summed E-state index contributed by atoms with van der Waals surface area (Å²) >= 11 is 0. The number of carbonyl (C=O) groups excluding carboxylic acids is 1. The summed E-state index contributed by atoms with van der Waals surface area (Å²) in [6, 6.07) is 7.80. The van der Waals surface area contributed by atoms with Crippen LogP contribution in [-0.4, -0.2) is 35.8 Å². The molecule has 0 unspecified atom stereocenters. The molecule has 0 aliphatic carbocycles. The second-order valence-corrected chi connectivity index (χ2v) is 5.47. The van der Waals surface area contributed by atoms with Gasteiger partial charge in [0, 0.05) is 19.4 Å². The Hall–Kier alpha value is -2.57. The second-order valence-electron chi connectivity index (χ2n) is 5.47. The lowest BCUT2D eigenvalue weighted by molar-refractivity contribution is -0.117. The topological polar surface area (TPSA) is 80.5 Å². The van der Waals surface area contributed by atoms with Crippen LogP contribution in [0.4, 0.5) is 11.7 Å². The van der Waals surface area contributed by atoms with Crippen LogP contribution in [0.2, 0.25) is 0 Å². The minimum absolute atomic E-state index is 0.0419. The van der Waals surface area contributed by atoms with Gasteiger partial charge in [-0.3, -0.25) is 4.79 Å². The van der Waals surface area contributed by atoms with Gasteiger partial charge < -0.3 is 19.4 Å². The maximum Gasteiger partial charge on any atom is 0.315 e. The van der Waals surface area contributed by atoms with E-state index in [1.807, 2.05) is 24.3 Å². The van der Waals surface area contributed by atoms with Crippen molar-refractivity contribution in [3.8, 4) is 5.75 Å². The molecule has 3 rings (SSSR count). The predicted octanol–water partition coefficient (Wildman–Crippen LogP) is 2.25. The van der Waals surface area contributed by atoms with E-state index in [2.05, 4.69) is 22.4 Å². The number of amides is 1. The molecule has 122 valence electrons. The fourth-order valence-electron chi connectivity index (χ4n) is 2.69. The monoisotopic (exact) mass is 316 g/mol. The standard InChI is InChI=1S/C16H20N4O3/c1-3-6-14-18-19-16(23-14)17-11-9-15(21)20(10-11)12-7-4-5-8-13(12)22-2/h4-5,7-8,11H,3,6,9-10H2,1-2H3,(H,17,19)/t11-/m1/s1. The van der Waals surface area contributed by atoms with Gasteiger partial charge in [-0.2, -0.15) is 0 Å². The third kappa shape index (κ3) is 3.28. The fraction of sp³-hybridized carbons (Fsp3) is 0.438. The molecule has 7 nitrogen and oxygen atoms in total. The van der Waals surface area contributed by atoms with Crippen molar-refractivity contribution in [2.75, 3.05) is 23.9 Å². The Balaban J connectivity index is 1.69. The van der Waals surface area contributed by atoms with Crippen LogP contribution in [-0.2, 0) is 11.2 Å². The molecule has 1 aromatic carbocycles. The molecule has 1 saturated heterocycles. The van der Waals surface area contributed by atoms with Gasteiger partial charge in [-0.05, 0) is 18.6 Å². The van der Waals surface area contributed by atoms with E-state index in [0.717, 1.165) is 18.5 Å². The van der Waals surface area contributed by atoms with Crippen LogP contribution in [0.15, 0.2) is 28.7 Å². The van der Waals surface area contributed by atoms with E-state index in [-0.39, 0.29) is 11.9 Å². The van der Waals surface area contributed by atoms with Crippen molar-refractivity contribution < 1.29 is 13.9 Å². The number of hydrogen-bond acceptors (Lipinski definition) is 6. The summed E-state index contributed by atoms with van der Waals surface area (Å²) in [6.07, 6.45) is 2.08. The largest absolute Gasteiger partial charge is 0.495 e. The van der Waals surface area contributed by atoms with E-state index in [4.69, 9.17) is 9.15 Å². The first-order valence-electron chi connectivity index (χ1n) is 7.73. The molecule has 1 N–H and O–H groups in total. The predicted molar refractivity (Wildman–Crippen MR) is 85.7 cm³/mol. The van der Waals surface area contributed by atoms with E-state index >= 15 is 0 Å². The molecule has 0 radical (unpaired) electrons. The van der Waals surface area contributed by atoms with Gasteiger partial charge in [0.25, 0.3) is 0 Å². The summed E-state index contributed by atoms with van der Waals surface area (Å²) in [6.45, 7) is 2.59. The molecule has 1 aromatic heterocycles. The molecule has 0 saturated carbocycles. The summed E-state index contributed by atoms with van der Waals surface area (Å²) in [5.41, 5.74) is 0.779. The van der Waals surface area contributed by atoms with Gasteiger partial charge in [-0.15, -0.1) is 5.10 Å². The first-order chi connectivity index (χ1) is 11.2. The second kappa shape index (κ2) is 6.68. The molecule has 0 bridgehead atoms. The van der Waals surface area contributed by atoms with Crippen molar-refractivity contribution in [3.05, 3.63) is 30.2 Å². The molecule has 1 fully saturated rings. The molecule has 1 aliphatic heterocycles. The van der Waals surface area contributed by atoms with Crippen LogP contribution in [0.5, 0.6) is 5.75 Å². The Bertz CT molecular complexity index is 685. The highest BCUT2D eigenvalue weighted by Crippen LogP contribution is 2.31. The number of benzene rings is 1. The number of methoxy groups -OCH3 is 1. The average Bonchev–Trinajstić information content (AvgIpc) is 3.14. The van der Waals surface area contributed by atoms with Crippen molar-refractivity contribution in [3.63, 3.8) is 0 Å². The molecule has 1 amide bonds. The number of nitrogens with zero attached hydrogens (tertiary/aromatic N) is 3. The van der Waals surface area contributed by atoms with Crippen molar-refractivity contribution in [1.82, 2.24) is 10.2 Å². The smallest absolute Gasteiger partial charge is 0.315 e. The zero-order chi connectivity index (χ0) is 16.2. The Kier molecular flexibility index (Phi) is 4.45. The zero-order valence-corrected chi connectivity index (χ0v) is 13.3. The number of carbonyl (C=O) groups is 1. The third-order valence-corrected chi connectivity index (χ3v) is 3.76. The Morgan fingerprint density at radius 2 is 2.22 bits per heavy atom. The van der Waals surface area contributed by atoms with E-state index in [1.165, 1.54) is 0 Å². The quantitative estimate of drug-likeness (QED) is 0.880. The van der Waals surface area contributed by atoms with E-state index in [0.29, 0.717) is 30.6 Å². The van der Waals surface area contributed by atoms with Crippen molar-refractivity contribution in [2.45, 2.75) is 32.2 Å². The van der Waals surface area contributed by atoms with Gasteiger partial charge in [0.05, 0.1) is 18.8 Å². The highest BCUT2D eigenvalue weighted by atomic mass is 16.5. The van der Waals surface area contributed by atoms with Crippen LogP contribution < -0.4 is 15.0 Å². The van der Waals surface area contributed by atoms with Crippen LogP contribution >= 0.6 is 0 Å². The summed E-state index contributed by atoms with van der Waals surface area (Å²) in [4.78, 5) is 14.0. The molecule has 2 aromatic rings. The van der Waals surface area contributed by atoms with Crippen molar-refractivity contribution in [1.29, 1.82) is 0 Å². The highest BCUT2D eigenvalue weighted by molar-refractivity contribution is 5.97. The molecule has 7 heteroatoms. The molecule has 0 spiro atoms. The molecule has 2 heterocycles. The van der Waals surface area contributed by atoms with E-state index in [9.17, 15) is 4.79 Å². The maximum atomic E-state index is 12.3. The summed E-state index contributed by atoms with van der Waals surface area (Å²) in [5, 5.41) is 11.1. The molecule has 1 aliphatic rings. The number of anilines is 2. The SMILES string of the molecule is CCCc1nnc(N[C@@H]2CC(=O)N(c3ccccc3OC)C2)o1. The lowest BCUT2D eigenvalue weighted by Gasteiger charge is -2.19. The molecule has 1 atom stereocenters. The molecular formula is C16H20N4O3. The Morgan fingerprint density at radius 3 is 3.00 bits per heavy atom. The van der Waals surface area contributed by atoms with Gasteiger partial charge in [0.1, 0.15) is 5.75 Å². The number of hydrogen-bond donors (Lipinski definition) is 1. The number of nitrogens with one attached hydrogen (secondary N) is 1. The minimum Gasteiger partial charge on any atom is -0.495 e. The molecular weight excluding hydrogens is 296 g/mol. The first-order valence-corrected chi connectivity index (χ1v) is 7.73. The van der Waals surface area contributed by atoms with Crippen LogP contribution in [0.25, 0.3) is 0 Å². The Labute approximate surface area is 134 Å². The van der Waals surface area contributed by atoms with Gasteiger partial charge in [0.2, 0.25) is 11.8 Å². The first kappa shape index (κ1) is 15.3. The van der Waals surface area contributed by atoms with E-state index < -0.39 is 0 Å². The van der Waals surface area contributed by atoms with E-state index in [1.54, 1.807) is 12.0 Å². The molecule has 23 heavy (non-hydrogen) atoms. The highest BCUT2D eigenvalue weighted by Gasteiger charge is 2.32. The van der Waals surface area contributed by atoms with Crippen LogP contribution in [0.3, 0.4) is 0 Å². The number of para-hydroxylation sites is 2. The lowest BCUT2D eigenvalue weighted by Crippen LogP contribution is -2.28. The number of aromatic nitrogens is 2. The van der Waals surface area contributed by atoms with Crippen molar-refractivity contribution in [2.24, 2.45) is 0 Å². The van der Waals surface area contributed by atoms with Gasteiger partial charge >= 0.3 is 6.01 Å². The summed E-state index contributed by atoms with van der Waals surface area (Å²) in [7, 11) is 1.60. The minimum atomic E-state index is -0.0673. The van der Waals surface area contributed by atoms with Crippen LogP contribution in [0, 0.1) is 0 Å².